The number of benzene rings is 2. The Balaban J connectivity index is 1.49. The average molecular weight is 340 g/mol. The summed E-state index contributed by atoms with van der Waals surface area (Å²) in [6.45, 7) is 5.93. The number of rotatable bonds is 7. The number of nitrogens with zero attached hydrogens (tertiary/aromatic N) is 2. The van der Waals surface area contributed by atoms with Crippen molar-refractivity contribution in [1.82, 2.24) is 9.80 Å². The summed E-state index contributed by atoms with van der Waals surface area (Å²) in [5, 5.41) is 0. The number of hydrogen-bond acceptors (Lipinski definition) is 4. The van der Waals surface area contributed by atoms with Gasteiger partial charge in [0.05, 0.1) is 7.11 Å². The maximum Gasteiger partial charge on any atom is 0.127 e. The maximum absolute atomic E-state index is 5.96. The normalized spacial score (nSPS) is 15.9. The van der Waals surface area contributed by atoms with Gasteiger partial charge in [-0.1, -0.05) is 12.1 Å². The first-order chi connectivity index (χ1) is 12.2. The van der Waals surface area contributed by atoms with Gasteiger partial charge in [0, 0.05) is 26.2 Å². The zero-order valence-corrected chi connectivity index (χ0v) is 15.3. The molecule has 0 aromatic heterocycles. The molecular formula is C21H28N2O2. The minimum atomic E-state index is 0.829. The van der Waals surface area contributed by atoms with Crippen LogP contribution >= 0.6 is 0 Å². The minimum absolute atomic E-state index is 0.829. The highest BCUT2D eigenvalue weighted by Crippen LogP contribution is 2.24. The Morgan fingerprint density at radius 3 is 2.32 bits per heavy atom. The zero-order chi connectivity index (χ0) is 17.5. The number of methoxy groups -OCH3 is 1. The monoisotopic (exact) mass is 340 g/mol. The number of ether oxygens (including phenoxy) is 2. The topological polar surface area (TPSA) is 24.9 Å². The predicted octanol–water partition coefficient (Wildman–Crippen LogP) is 3.67. The van der Waals surface area contributed by atoms with E-state index in [4.69, 9.17) is 9.47 Å². The van der Waals surface area contributed by atoms with Crippen LogP contribution in [-0.4, -0.2) is 56.7 Å². The summed E-state index contributed by atoms with van der Waals surface area (Å²) in [6.07, 6.45) is 2.28. The fraction of sp³-hybridized carbons (Fsp3) is 0.429. The Kier molecular flexibility index (Phi) is 6.31. The van der Waals surface area contributed by atoms with Gasteiger partial charge in [-0.25, -0.2) is 0 Å². The molecule has 2 aromatic carbocycles. The quantitative estimate of drug-likeness (QED) is 0.768. The zero-order valence-electron chi connectivity index (χ0n) is 15.3. The third-order valence-corrected chi connectivity index (χ3v) is 4.73. The molecule has 1 heterocycles. The highest BCUT2D eigenvalue weighted by Gasteiger charge is 2.12. The molecule has 0 atom stereocenters. The van der Waals surface area contributed by atoms with Crippen molar-refractivity contribution in [3.63, 3.8) is 0 Å². The minimum Gasteiger partial charge on any atom is -0.497 e. The van der Waals surface area contributed by atoms with Crippen LogP contribution in [0.2, 0.25) is 0 Å². The van der Waals surface area contributed by atoms with Crippen LogP contribution in [0.1, 0.15) is 12.0 Å². The van der Waals surface area contributed by atoms with Crippen molar-refractivity contribution in [1.29, 1.82) is 0 Å². The number of aryl methyl sites for hydroxylation is 1. The largest absolute Gasteiger partial charge is 0.497 e. The molecule has 0 aliphatic carbocycles. The first-order valence-corrected chi connectivity index (χ1v) is 9.05. The van der Waals surface area contributed by atoms with Crippen molar-refractivity contribution < 1.29 is 9.47 Å². The van der Waals surface area contributed by atoms with Crippen molar-refractivity contribution in [3.05, 3.63) is 54.1 Å². The Hall–Kier alpha value is -2.04. The summed E-state index contributed by atoms with van der Waals surface area (Å²) in [5.41, 5.74) is 1.33. The lowest BCUT2D eigenvalue weighted by Crippen LogP contribution is -2.44. The number of piperazine rings is 1. The summed E-state index contributed by atoms with van der Waals surface area (Å²) in [6, 6.07) is 16.1. The van der Waals surface area contributed by atoms with E-state index >= 15 is 0 Å². The first-order valence-electron chi connectivity index (χ1n) is 9.05. The van der Waals surface area contributed by atoms with E-state index in [0.29, 0.717) is 0 Å². The molecule has 2 aromatic rings. The second kappa shape index (κ2) is 8.88. The fourth-order valence-electron chi connectivity index (χ4n) is 3.12. The van der Waals surface area contributed by atoms with Crippen molar-refractivity contribution in [3.8, 4) is 17.2 Å². The van der Waals surface area contributed by atoms with E-state index in [1.165, 1.54) is 44.7 Å². The maximum atomic E-state index is 5.96. The molecule has 0 amide bonds. The van der Waals surface area contributed by atoms with E-state index < -0.39 is 0 Å². The molecule has 1 saturated heterocycles. The molecule has 0 saturated carbocycles. The molecule has 0 unspecified atom stereocenters. The highest BCUT2D eigenvalue weighted by atomic mass is 16.5. The molecule has 1 aliphatic rings. The molecule has 4 heteroatoms. The van der Waals surface area contributed by atoms with Gasteiger partial charge in [-0.2, -0.15) is 0 Å². The summed E-state index contributed by atoms with van der Waals surface area (Å²) in [5.74, 6) is 2.56. The van der Waals surface area contributed by atoms with Crippen LogP contribution in [0, 0.1) is 0 Å². The molecule has 1 aliphatic heterocycles. The molecule has 134 valence electrons. The summed E-state index contributed by atoms with van der Waals surface area (Å²) >= 11 is 0. The Morgan fingerprint density at radius 2 is 1.60 bits per heavy atom. The van der Waals surface area contributed by atoms with Gasteiger partial charge in [0.25, 0.3) is 0 Å². The Morgan fingerprint density at radius 1 is 0.880 bits per heavy atom. The van der Waals surface area contributed by atoms with E-state index in [0.717, 1.165) is 23.7 Å². The second-order valence-electron chi connectivity index (χ2n) is 6.67. The smallest absolute Gasteiger partial charge is 0.127 e. The second-order valence-corrected chi connectivity index (χ2v) is 6.67. The molecule has 4 nitrogen and oxygen atoms in total. The van der Waals surface area contributed by atoms with Crippen LogP contribution in [0.15, 0.2) is 48.5 Å². The SMILES string of the molecule is COc1ccc(Oc2cccc(CCCN3CCN(C)CC3)c2)cc1. The van der Waals surface area contributed by atoms with E-state index in [9.17, 15) is 0 Å². The van der Waals surface area contributed by atoms with E-state index in [-0.39, 0.29) is 0 Å². The average Bonchev–Trinajstić information content (AvgIpc) is 2.64. The van der Waals surface area contributed by atoms with Crippen LogP contribution < -0.4 is 9.47 Å². The van der Waals surface area contributed by atoms with Crippen LogP contribution in [-0.2, 0) is 6.42 Å². The van der Waals surface area contributed by atoms with Gasteiger partial charge in [-0.3, -0.25) is 0 Å². The molecule has 25 heavy (non-hydrogen) atoms. The van der Waals surface area contributed by atoms with Crippen LogP contribution in [0.4, 0.5) is 0 Å². The summed E-state index contributed by atoms with van der Waals surface area (Å²) in [7, 11) is 3.87. The molecular weight excluding hydrogens is 312 g/mol. The van der Waals surface area contributed by atoms with Crippen LogP contribution in [0.25, 0.3) is 0 Å². The highest BCUT2D eigenvalue weighted by molar-refractivity contribution is 5.36. The predicted molar refractivity (Wildman–Crippen MR) is 102 cm³/mol. The summed E-state index contributed by atoms with van der Waals surface area (Å²) < 4.78 is 11.1. The lowest BCUT2D eigenvalue weighted by molar-refractivity contribution is 0.153. The van der Waals surface area contributed by atoms with Gasteiger partial charge in [0.2, 0.25) is 0 Å². The molecule has 0 bridgehead atoms. The van der Waals surface area contributed by atoms with Crippen molar-refractivity contribution >= 4 is 0 Å². The van der Waals surface area contributed by atoms with Gasteiger partial charge < -0.3 is 19.3 Å². The van der Waals surface area contributed by atoms with Crippen molar-refractivity contribution in [2.24, 2.45) is 0 Å². The van der Waals surface area contributed by atoms with Gasteiger partial charge >= 0.3 is 0 Å². The molecule has 1 fully saturated rings. The molecule has 3 rings (SSSR count). The molecule has 0 N–H and O–H groups in total. The lowest BCUT2D eigenvalue weighted by Gasteiger charge is -2.32. The van der Waals surface area contributed by atoms with Crippen LogP contribution in [0.3, 0.4) is 0 Å². The molecule has 0 radical (unpaired) electrons. The van der Waals surface area contributed by atoms with Crippen LogP contribution in [0.5, 0.6) is 17.2 Å². The van der Waals surface area contributed by atoms with E-state index in [1.807, 2.05) is 30.3 Å². The van der Waals surface area contributed by atoms with Gasteiger partial charge in [0.15, 0.2) is 0 Å². The summed E-state index contributed by atoms with van der Waals surface area (Å²) in [4.78, 5) is 4.97. The number of likely N-dealkylation sites (N-methyl/N-ethyl adjacent to an activating group) is 1. The van der Waals surface area contributed by atoms with Crippen molar-refractivity contribution in [2.45, 2.75) is 12.8 Å². The van der Waals surface area contributed by atoms with E-state index in [2.05, 4.69) is 35.0 Å². The number of hydrogen-bond donors (Lipinski definition) is 0. The van der Waals surface area contributed by atoms with Gasteiger partial charge in [0.1, 0.15) is 17.2 Å². The van der Waals surface area contributed by atoms with Gasteiger partial charge in [-0.15, -0.1) is 0 Å². The van der Waals surface area contributed by atoms with E-state index in [1.54, 1.807) is 7.11 Å². The third kappa shape index (κ3) is 5.48. The third-order valence-electron chi connectivity index (χ3n) is 4.73. The standard InChI is InChI=1S/C21H28N2O2/c1-22-13-15-23(16-14-22)12-4-6-18-5-3-7-21(17-18)25-20-10-8-19(24-2)9-11-20/h3,5,7-11,17H,4,6,12-16H2,1-2H3. The Labute approximate surface area is 151 Å². The first kappa shape index (κ1) is 17.8. The molecule has 0 spiro atoms. The Bertz CT molecular complexity index is 649. The fourth-order valence-corrected chi connectivity index (χ4v) is 3.12. The van der Waals surface area contributed by atoms with Gasteiger partial charge in [-0.05, 0) is 68.4 Å². The lowest BCUT2D eigenvalue weighted by atomic mass is 10.1. The van der Waals surface area contributed by atoms with Crippen molar-refractivity contribution in [2.75, 3.05) is 46.9 Å².